The molecule has 98 valence electrons. The molecule has 1 fully saturated rings. The number of fused-ring (bicyclic) bond motifs is 1. The smallest absolute Gasteiger partial charge is 0.325 e. The SMILES string of the molecule is C=C1NC2C=CC(Cl)=C(Cl)C2CN1CC(=O)OC. The molecule has 0 aromatic rings. The summed E-state index contributed by atoms with van der Waals surface area (Å²) < 4.78 is 4.65. The van der Waals surface area contributed by atoms with Crippen LogP contribution in [-0.4, -0.2) is 37.1 Å². The third kappa shape index (κ3) is 2.49. The van der Waals surface area contributed by atoms with Gasteiger partial charge in [-0.15, -0.1) is 0 Å². The molecule has 0 aromatic carbocycles. The van der Waals surface area contributed by atoms with Gasteiger partial charge in [-0.25, -0.2) is 0 Å². The van der Waals surface area contributed by atoms with Gasteiger partial charge in [0, 0.05) is 17.5 Å². The van der Waals surface area contributed by atoms with E-state index in [9.17, 15) is 4.79 Å². The first-order valence-electron chi connectivity index (χ1n) is 5.53. The van der Waals surface area contributed by atoms with Gasteiger partial charge >= 0.3 is 5.97 Å². The Morgan fingerprint density at radius 2 is 2.39 bits per heavy atom. The number of allylic oxidation sites excluding steroid dienone is 2. The Morgan fingerprint density at radius 3 is 3.06 bits per heavy atom. The third-order valence-electron chi connectivity index (χ3n) is 3.12. The molecule has 0 bridgehead atoms. The highest BCUT2D eigenvalue weighted by Gasteiger charge is 2.34. The molecule has 0 aromatic heterocycles. The summed E-state index contributed by atoms with van der Waals surface area (Å²) in [6, 6.07) is 0.0707. The Hall–Kier alpha value is -1.13. The van der Waals surface area contributed by atoms with Crippen LogP contribution < -0.4 is 5.32 Å². The van der Waals surface area contributed by atoms with Crippen molar-refractivity contribution in [3.63, 3.8) is 0 Å². The summed E-state index contributed by atoms with van der Waals surface area (Å²) in [6.07, 6.45) is 3.74. The molecule has 1 heterocycles. The highest BCUT2D eigenvalue weighted by Crippen LogP contribution is 2.34. The maximum absolute atomic E-state index is 11.3. The van der Waals surface area contributed by atoms with Crippen molar-refractivity contribution in [2.24, 2.45) is 5.92 Å². The minimum atomic E-state index is -0.311. The van der Waals surface area contributed by atoms with Gasteiger partial charge in [0.2, 0.25) is 0 Å². The van der Waals surface area contributed by atoms with E-state index in [-0.39, 0.29) is 24.5 Å². The van der Waals surface area contributed by atoms with Gasteiger partial charge in [-0.2, -0.15) is 0 Å². The van der Waals surface area contributed by atoms with Crippen LogP contribution in [0.3, 0.4) is 0 Å². The normalized spacial score (nSPS) is 26.8. The van der Waals surface area contributed by atoms with Crippen LogP contribution in [0, 0.1) is 5.92 Å². The lowest BCUT2D eigenvalue weighted by molar-refractivity contribution is -0.141. The molecule has 4 nitrogen and oxygen atoms in total. The largest absolute Gasteiger partial charge is 0.468 e. The van der Waals surface area contributed by atoms with E-state index in [1.807, 2.05) is 6.08 Å². The lowest BCUT2D eigenvalue weighted by Gasteiger charge is -2.41. The van der Waals surface area contributed by atoms with Crippen molar-refractivity contribution in [3.8, 4) is 0 Å². The van der Waals surface area contributed by atoms with Gasteiger partial charge in [-0.1, -0.05) is 35.9 Å². The number of hydrogen-bond acceptors (Lipinski definition) is 4. The number of carbonyl (C=O) groups is 1. The average Bonchev–Trinajstić information content (AvgIpc) is 2.36. The van der Waals surface area contributed by atoms with E-state index in [1.165, 1.54) is 7.11 Å². The minimum Gasteiger partial charge on any atom is -0.468 e. The van der Waals surface area contributed by atoms with Gasteiger partial charge in [-0.05, 0) is 6.08 Å². The number of hydrogen-bond donors (Lipinski definition) is 1. The summed E-state index contributed by atoms with van der Waals surface area (Å²) in [5.74, 6) is 0.405. The quantitative estimate of drug-likeness (QED) is 0.787. The maximum atomic E-state index is 11.3. The van der Waals surface area contributed by atoms with E-state index in [0.29, 0.717) is 22.4 Å². The van der Waals surface area contributed by atoms with Crippen LogP contribution in [-0.2, 0) is 9.53 Å². The van der Waals surface area contributed by atoms with Crippen LogP contribution in [0.2, 0.25) is 0 Å². The Labute approximate surface area is 116 Å². The zero-order valence-corrected chi connectivity index (χ0v) is 11.5. The fourth-order valence-electron chi connectivity index (χ4n) is 2.09. The fourth-order valence-corrected chi connectivity index (χ4v) is 2.57. The zero-order chi connectivity index (χ0) is 13.3. The van der Waals surface area contributed by atoms with Crippen LogP contribution in [0.4, 0.5) is 0 Å². The van der Waals surface area contributed by atoms with Crippen LogP contribution >= 0.6 is 23.2 Å². The van der Waals surface area contributed by atoms with Crippen LogP contribution in [0.15, 0.2) is 34.6 Å². The highest BCUT2D eigenvalue weighted by molar-refractivity contribution is 6.40. The number of nitrogens with one attached hydrogen (secondary N) is 1. The molecule has 1 aliphatic carbocycles. The predicted octanol–water partition coefficient (Wildman–Crippen LogP) is 1.78. The molecule has 6 heteroatoms. The third-order valence-corrected chi connectivity index (χ3v) is 4.03. The number of halogens is 2. The van der Waals surface area contributed by atoms with E-state index in [0.717, 1.165) is 0 Å². The van der Waals surface area contributed by atoms with Crippen LogP contribution in [0.5, 0.6) is 0 Å². The number of carbonyl (C=O) groups excluding carboxylic acids is 1. The Balaban J connectivity index is 2.13. The summed E-state index contributed by atoms with van der Waals surface area (Å²) in [6.45, 7) is 4.64. The number of esters is 1. The number of ether oxygens (including phenoxy) is 1. The van der Waals surface area contributed by atoms with Gasteiger partial charge < -0.3 is 15.0 Å². The summed E-state index contributed by atoms with van der Waals surface area (Å²) in [4.78, 5) is 13.1. The van der Waals surface area contributed by atoms with E-state index in [2.05, 4.69) is 16.6 Å². The van der Waals surface area contributed by atoms with Gasteiger partial charge in [0.25, 0.3) is 0 Å². The minimum absolute atomic E-state index is 0.0272. The van der Waals surface area contributed by atoms with Crippen LogP contribution in [0.25, 0.3) is 0 Å². The second-order valence-electron chi connectivity index (χ2n) is 4.23. The van der Waals surface area contributed by atoms with Gasteiger partial charge in [-0.3, -0.25) is 4.79 Å². The van der Waals surface area contributed by atoms with Crippen molar-refractivity contribution >= 4 is 29.2 Å². The highest BCUT2D eigenvalue weighted by atomic mass is 35.5. The lowest BCUT2D eigenvalue weighted by Crippen LogP contribution is -2.52. The molecule has 2 unspecified atom stereocenters. The molecule has 0 spiro atoms. The Bertz CT molecular complexity index is 445. The van der Waals surface area contributed by atoms with E-state index in [1.54, 1.807) is 11.0 Å². The zero-order valence-electron chi connectivity index (χ0n) is 9.95. The van der Waals surface area contributed by atoms with Crippen LogP contribution in [0.1, 0.15) is 0 Å². The molecule has 2 aliphatic rings. The first-order valence-corrected chi connectivity index (χ1v) is 6.29. The number of methoxy groups -OCH3 is 1. The summed E-state index contributed by atoms with van der Waals surface area (Å²) in [5, 5.41) is 4.37. The molecule has 2 rings (SSSR count). The standard InChI is InChI=1S/C12H14Cl2N2O2/c1-7-15-10-4-3-9(13)12(14)8(10)5-16(7)6-11(17)18-2/h3-4,8,10,15H,1,5-6H2,2H3. The van der Waals surface area contributed by atoms with Crippen molar-refractivity contribution in [2.75, 3.05) is 20.2 Å². The van der Waals surface area contributed by atoms with Gasteiger partial charge in [0.15, 0.2) is 0 Å². The molecule has 0 radical (unpaired) electrons. The first-order chi connectivity index (χ1) is 8.52. The van der Waals surface area contributed by atoms with E-state index in [4.69, 9.17) is 23.2 Å². The molecule has 1 aliphatic heterocycles. The lowest BCUT2D eigenvalue weighted by atomic mass is 9.92. The molecule has 18 heavy (non-hydrogen) atoms. The van der Waals surface area contributed by atoms with Gasteiger partial charge in [0.1, 0.15) is 6.54 Å². The summed E-state index contributed by atoms with van der Waals surface area (Å²) >= 11 is 12.2. The van der Waals surface area contributed by atoms with Crippen molar-refractivity contribution < 1.29 is 9.53 Å². The number of nitrogens with zero attached hydrogens (tertiary/aromatic N) is 1. The monoisotopic (exact) mass is 288 g/mol. The maximum Gasteiger partial charge on any atom is 0.325 e. The Morgan fingerprint density at radius 1 is 1.67 bits per heavy atom. The van der Waals surface area contributed by atoms with Crippen molar-refractivity contribution in [1.82, 2.24) is 10.2 Å². The molecule has 1 saturated heterocycles. The topological polar surface area (TPSA) is 41.6 Å². The second-order valence-corrected chi connectivity index (χ2v) is 5.05. The molecule has 2 atom stereocenters. The molecule has 1 N–H and O–H groups in total. The van der Waals surface area contributed by atoms with E-state index < -0.39 is 0 Å². The predicted molar refractivity (Wildman–Crippen MR) is 71.0 cm³/mol. The average molecular weight is 289 g/mol. The second kappa shape index (κ2) is 5.24. The molecule has 0 amide bonds. The Kier molecular flexibility index (Phi) is 3.88. The summed E-state index contributed by atoms with van der Waals surface area (Å²) in [5.41, 5.74) is 0. The van der Waals surface area contributed by atoms with E-state index >= 15 is 0 Å². The molecular weight excluding hydrogens is 275 g/mol. The molecular formula is C12H14Cl2N2O2. The molecule has 0 saturated carbocycles. The van der Waals surface area contributed by atoms with Crippen molar-refractivity contribution in [1.29, 1.82) is 0 Å². The first kappa shape index (κ1) is 13.3. The van der Waals surface area contributed by atoms with Crippen molar-refractivity contribution in [3.05, 3.63) is 34.6 Å². The fraction of sp³-hybridized carbons (Fsp3) is 0.417. The number of rotatable bonds is 2. The van der Waals surface area contributed by atoms with Crippen molar-refractivity contribution in [2.45, 2.75) is 6.04 Å². The summed E-state index contributed by atoms with van der Waals surface area (Å²) in [7, 11) is 1.36. The van der Waals surface area contributed by atoms with Gasteiger partial charge in [0.05, 0.1) is 24.0 Å².